The molecule has 4 rings (SSSR count). The SMILES string of the molecule is Fc1ccccc1Cn1c(-c2cccnc2Cl)nc2cc(Cl)c(Cl)cc21. The van der Waals surface area contributed by atoms with Gasteiger partial charge in [0.05, 0.1) is 33.2 Å². The molecule has 2 aromatic heterocycles. The molecule has 0 radical (unpaired) electrons. The summed E-state index contributed by atoms with van der Waals surface area (Å²) in [6, 6.07) is 13.6. The summed E-state index contributed by atoms with van der Waals surface area (Å²) in [6.07, 6.45) is 1.60. The molecule has 0 aliphatic carbocycles. The zero-order valence-electron chi connectivity index (χ0n) is 13.3. The van der Waals surface area contributed by atoms with Gasteiger partial charge in [0.15, 0.2) is 0 Å². The van der Waals surface area contributed by atoms with Gasteiger partial charge in [0.2, 0.25) is 0 Å². The van der Waals surface area contributed by atoms with Crippen molar-refractivity contribution in [2.45, 2.75) is 6.54 Å². The van der Waals surface area contributed by atoms with Gasteiger partial charge in [-0.05, 0) is 30.3 Å². The van der Waals surface area contributed by atoms with Gasteiger partial charge < -0.3 is 4.57 Å². The highest BCUT2D eigenvalue weighted by Gasteiger charge is 2.18. The molecule has 26 heavy (non-hydrogen) atoms. The van der Waals surface area contributed by atoms with E-state index in [4.69, 9.17) is 34.8 Å². The molecule has 0 amide bonds. The summed E-state index contributed by atoms with van der Waals surface area (Å²) in [5.74, 6) is 0.275. The Kier molecular flexibility index (Phi) is 4.57. The summed E-state index contributed by atoms with van der Waals surface area (Å²) in [4.78, 5) is 8.76. The molecule has 130 valence electrons. The second kappa shape index (κ2) is 6.88. The maximum absolute atomic E-state index is 14.2. The van der Waals surface area contributed by atoms with Crippen LogP contribution >= 0.6 is 34.8 Å². The Labute approximate surface area is 164 Å². The molecule has 0 unspecified atom stereocenters. The van der Waals surface area contributed by atoms with Crippen molar-refractivity contribution in [3.8, 4) is 11.4 Å². The van der Waals surface area contributed by atoms with Gasteiger partial charge in [-0.15, -0.1) is 0 Å². The van der Waals surface area contributed by atoms with Gasteiger partial charge in [0.25, 0.3) is 0 Å². The quantitative estimate of drug-likeness (QED) is 0.377. The average Bonchev–Trinajstić information content (AvgIpc) is 2.95. The van der Waals surface area contributed by atoms with Crippen LogP contribution in [0.5, 0.6) is 0 Å². The fourth-order valence-electron chi connectivity index (χ4n) is 2.84. The molecule has 0 spiro atoms. The lowest BCUT2D eigenvalue weighted by molar-refractivity contribution is 0.602. The Hall–Kier alpha value is -2.14. The second-order valence-electron chi connectivity index (χ2n) is 5.71. The van der Waals surface area contributed by atoms with Crippen molar-refractivity contribution in [3.05, 3.63) is 81.3 Å². The maximum Gasteiger partial charge on any atom is 0.144 e. The number of hydrogen-bond donors (Lipinski definition) is 0. The van der Waals surface area contributed by atoms with E-state index in [9.17, 15) is 4.39 Å². The van der Waals surface area contributed by atoms with Crippen LogP contribution in [0.2, 0.25) is 15.2 Å². The molecule has 4 aromatic rings. The summed E-state index contributed by atoms with van der Waals surface area (Å²) in [6.45, 7) is 0.266. The zero-order valence-corrected chi connectivity index (χ0v) is 15.5. The van der Waals surface area contributed by atoms with Gasteiger partial charge in [0, 0.05) is 11.8 Å². The van der Waals surface area contributed by atoms with Crippen LogP contribution in [0.15, 0.2) is 54.7 Å². The van der Waals surface area contributed by atoms with Crippen LogP contribution in [-0.2, 0) is 6.54 Å². The predicted octanol–water partition coefficient (Wildman–Crippen LogP) is 6.25. The third kappa shape index (κ3) is 3.05. The predicted molar refractivity (Wildman–Crippen MR) is 103 cm³/mol. The fourth-order valence-corrected chi connectivity index (χ4v) is 3.36. The molecule has 0 atom stereocenters. The standard InChI is InChI=1S/C19H11Cl3FN3/c20-13-8-16-17(9-14(13)21)26(10-11-4-1-2-6-15(11)23)19(25-16)12-5-3-7-24-18(12)22/h1-9H,10H2. The summed E-state index contributed by atoms with van der Waals surface area (Å²) in [5, 5.41) is 1.12. The van der Waals surface area contributed by atoms with Crippen LogP contribution in [0.1, 0.15) is 5.56 Å². The van der Waals surface area contributed by atoms with Gasteiger partial charge in [-0.3, -0.25) is 0 Å². The van der Waals surface area contributed by atoms with E-state index in [1.807, 2.05) is 10.6 Å². The van der Waals surface area contributed by atoms with Crippen LogP contribution in [0.4, 0.5) is 4.39 Å². The van der Waals surface area contributed by atoms with Crippen LogP contribution in [-0.4, -0.2) is 14.5 Å². The van der Waals surface area contributed by atoms with E-state index in [0.29, 0.717) is 37.7 Å². The fraction of sp³-hybridized carbons (Fsp3) is 0.0526. The molecule has 0 saturated heterocycles. The van der Waals surface area contributed by atoms with Crippen molar-refractivity contribution < 1.29 is 4.39 Å². The average molecular weight is 407 g/mol. The largest absolute Gasteiger partial charge is 0.319 e. The molecule has 0 fully saturated rings. The monoisotopic (exact) mass is 405 g/mol. The van der Waals surface area contributed by atoms with E-state index in [1.165, 1.54) is 6.07 Å². The summed E-state index contributed by atoms with van der Waals surface area (Å²) < 4.78 is 16.1. The lowest BCUT2D eigenvalue weighted by Gasteiger charge is -2.11. The molecule has 0 bridgehead atoms. The van der Waals surface area contributed by atoms with Crippen LogP contribution < -0.4 is 0 Å². The van der Waals surface area contributed by atoms with Gasteiger partial charge in [-0.2, -0.15) is 0 Å². The Morgan fingerprint density at radius 2 is 1.73 bits per heavy atom. The van der Waals surface area contributed by atoms with Crippen molar-refractivity contribution in [1.82, 2.24) is 14.5 Å². The first-order valence-electron chi connectivity index (χ1n) is 7.74. The van der Waals surface area contributed by atoms with E-state index in [1.54, 1.807) is 42.6 Å². The Balaban J connectivity index is 1.99. The molecule has 3 nitrogen and oxygen atoms in total. The third-order valence-electron chi connectivity index (χ3n) is 4.08. The van der Waals surface area contributed by atoms with Gasteiger partial charge in [-0.25, -0.2) is 14.4 Å². The van der Waals surface area contributed by atoms with Crippen molar-refractivity contribution in [1.29, 1.82) is 0 Å². The number of aromatic nitrogens is 3. The molecule has 0 aliphatic heterocycles. The summed E-state index contributed by atoms with van der Waals surface area (Å²) >= 11 is 18.6. The second-order valence-corrected chi connectivity index (χ2v) is 6.88. The molecule has 2 aromatic carbocycles. The van der Waals surface area contributed by atoms with Gasteiger partial charge in [-0.1, -0.05) is 53.0 Å². The minimum atomic E-state index is -0.294. The first-order valence-corrected chi connectivity index (χ1v) is 8.87. The van der Waals surface area contributed by atoms with Crippen LogP contribution in [0.3, 0.4) is 0 Å². The normalized spacial score (nSPS) is 11.2. The van der Waals surface area contributed by atoms with E-state index < -0.39 is 0 Å². The topological polar surface area (TPSA) is 30.7 Å². The Bertz CT molecular complexity index is 1120. The first kappa shape index (κ1) is 17.3. The first-order chi connectivity index (χ1) is 12.5. The number of pyridine rings is 1. The van der Waals surface area contributed by atoms with Gasteiger partial charge >= 0.3 is 0 Å². The zero-order chi connectivity index (χ0) is 18.3. The molecule has 0 N–H and O–H groups in total. The summed E-state index contributed by atoms with van der Waals surface area (Å²) in [7, 11) is 0. The van der Waals surface area contributed by atoms with Crippen LogP contribution in [0, 0.1) is 5.82 Å². The minimum absolute atomic E-state index is 0.266. The lowest BCUT2D eigenvalue weighted by atomic mass is 10.2. The molecule has 7 heteroatoms. The highest BCUT2D eigenvalue weighted by molar-refractivity contribution is 6.42. The highest BCUT2D eigenvalue weighted by Crippen LogP contribution is 2.33. The van der Waals surface area contributed by atoms with Crippen molar-refractivity contribution >= 4 is 45.8 Å². The number of hydrogen-bond acceptors (Lipinski definition) is 2. The highest BCUT2D eigenvalue weighted by atomic mass is 35.5. The number of benzene rings is 2. The van der Waals surface area contributed by atoms with E-state index in [-0.39, 0.29) is 12.4 Å². The van der Waals surface area contributed by atoms with Crippen molar-refractivity contribution in [2.75, 3.05) is 0 Å². The third-order valence-corrected chi connectivity index (χ3v) is 5.10. The molecule has 0 aliphatic rings. The molecule has 0 saturated carbocycles. The maximum atomic E-state index is 14.2. The van der Waals surface area contributed by atoms with E-state index >= 15 is 0 Å². The van der Waals surface area contributed by atoms with Crippen molar-refractivity contribution in [2.24, 2.45) is 0 Å². The Morgan fingerprint density at radius 1 is 0.962 bits per heavy atom. The van der Waals surface area contributed by atoms with Gasteiger partial charge in [0.1, 0.15) is 16.8 Å². The smallest absolute Gasteiger partial charge is 0.144 e. The van der Waals surface area contributed by atoms with Crippen molar-refractivity contribution in [3.63, 3.8) is 0 Å². The number of nitrogens with zero attached hydrogens (tertiary/aromatic N) is 3. The van der Waals surface area contributed by atoms with E-state index in [0.717, 1.165) is 5.52 Å². The molecule has 2 heterocycles. The number of fused-ring (bicyclic) bond motifs is 1. The Morgan fingerprint density at radius 3 is 2.50 bits per heavy atom. The molecular formula is C19H11Cl3FN3. The molecular weight excluding hydrogens is 396 g/mol. The lowest BCUT2D eigenvalue weighted by Crippen LogP contribution is -2.04. The number of rotatable bonds is 3. The van der Waals surface area contributed by atoms with Crippen LogP contribution in [0.25, 0.3) is 22.4 Å². The minimum Gasteiger partial charge on any atom is -0.319 e. The summed E-state index contributed by atoms with van der Waals surface area (Å²) in [5.41, 5.74) is 2.55. The number of imidazole rings is 1. The van der Waals surface area contributed by atoms with E-state index in [2.05, 4.69) is 9.97 Å². The number of halogens is 4.